The number of aromatic nitrogens is 3. The second-order valence-electron chi connectivity index (χ2n) is 8.20. The summed E-state index contributed by atoms with van der Waals surface area (Å²) in [7, 11) is 0. The number of hydrogen-bond acceptors (Lipinski definition) is 5. The van der Waals surface area contributed by atoms with Gasteiger partial charge in [-0.3, -0.25) is 4.79 Å². The van der Waals surface area contributed by atoms with Crippen LogP contribution in [0.2, 0.25) is 0 Å². The standard InChI is InChI=1S/C22H23FN6O3/c23-15-4-1-3-14(11-15)17-5-2-9-28(17)20-7-6-19-24-12-18(29(19)26-20)21(30)25-16-8-10-27(13-16)22(31)32/h1,3-4,6-7,11-12,16-17H,2,5,8-10,13H2,(H,25,30)(H,31,32)/t16-,17-/m1/s1. The molecule has 0 saturated carbocycles. The van der Waals surface area contributed by atoms with Crippen LogP contribution in [0.3, 0.4) is 0 Å². The molecule has 32 heavy (non-hydrogen) atoms. The Morgan fingerprint density at radius 2 is 2.03 bits per heavy atom. The van der Waals surface area contributed by atoms with Crippen LogP contribution in [0.1, 0.15) is 41.4 Å². The fourth-order valence-electron chi connectivity index (χ4n) is 4.58. The Morgan fingerprint density at radius 3 is 2.81 bits per heavy atom. The van der Waals surface area contributed by atoms with Gasteiger partial charge < -0.3 is 20.2 Å². The normalized spacial score (nSPS) is 20.8. The van der Waals surface area contributed by atoms with E-state index in [1.54, 1.807) is 12.1 Å². The molecule has 9 nitrogen and oxygen atoms in total. The van der Waals surface area contributed by atoms with Crippen LogP contribution in [-0.2, 0) is 0 Å². The van der Waals surface area contributed by atoms with Gasteiger partial charge in [0.05, 0.1) is 12.2 Å². The van der Waals surface area contributed by atoms with Gasteiger partial charge in [0.2, 0.25) is 0 Å². The minimum atomic E-state index is -0.985. The maximum absolute atomic E-state index is 13.8. The zero-order valence-corrected chi connectivity index (χ0v) is 17.3. The molecule has 5 rings (SSSR count). The highest BCUT2D eigenvalue weighted by atomic mass is 19.1. The SMILES string of the molecule is O=C(N[C@@H]1CCN(C(=O)O)C1)c1cnc2ccc(N3CCC[C@@H]3c3cccc(F)c3)nn12. The lowest BCUT2D eigenvalue weighted by Crippen LogP contribution is -2.38. The minimum absolute atomic E-state index is 0.0111. The van der Waals surface area contributed by atoms with Gasteiger partial charge >= 0.3 is 6.09 Å². The summed E-state index contributed by atoms with van der Waals surface area (Å²) in [4.78, 5) is 31.7. The monoisotopic (exact) mass is 438 g/mol. The van der Waals surface area contributed by atoms with Crippen molar-refractivity contribution in [2.75, 3.05) is 24.5 Å². The first-order chi connectivity index (χ1) is 15.5. The molecule has 2 aliphatic rings. The fourth-order valence-corrected chi connectivity index (χ4v) is 4.58. The van der Waals surface area contributed by atoms with Crippen LogP contribution < -0.4 is 10.2 Å². The predicted molar refractivity (Wildman–Crippen MR) is 114 cm³/mol. The lowest BCUT2D eigenvalue weighted by molar-refractivity contribution is 0.0928. The number of carbonyl (C=O) groups excluding carboxylic acids is 1. The van der Waals surface area contributed by atoms with Crippen molar-refractivity contribution < 1.29 is 19.1 Å². The van der Waals surface area contributed by atoms with E-state index in [4.69, 9.17) is 5.11 Å². The van der Waals surface area contributed by atoms with Crippen molar-refractivity contribution in [1.82, 2.24) is 24.8 Å². The van der Waals surface area contributed by atoms with Crippen LogP contribution in [0, 0.1) is 5.82 Å². The summed E-state index contributed by atoms with van der Waals surface area (Å²) < 4.78 is 15.3. The first kappa shape index (κ1) is 20.2. The summed E-state index contributed by atoms with van der Waals surface area (Å²) in [5, 5.41) is 16.7. The molecule has 0 radical (unpaired) electrons. The fraction of sp³-hybridized carbons (Fsp3) is 0.364. The number of benzene rings is 1. The van der Waals surface area contributed by atoms with E-state index in [-0.39, 0.29) is 36.0 Å². The lowest BCUT2D eigenvalue weighted by atomic mass is 10.0. The third kappa shape index (κ3) is 3.72. The average Bonchev–Trinajstić information content (AvgIpc) is 3.52. The number of rotatable bonds is 4. The van der Waals surface area contributed by atoms with E-state index >= 15 is 0 Å². The summed E-state index contributed by atoms with van der Waals surface area (Å²) >= 11 is 0. The number of nitrogens with one attached hydrogen (secondary N) is 1. The maximum atomic E-state index is 13.8. The van der Waals surface area contributed by atoms with E-state index in [1.165, 1.54) is 21.7 Å². The van der Waals surface area contributed by atoms with E-state index < -0.39 is 6.09 Å². The molecule has 2 aromatic heterocycles. The topological polar surface area (TPSA) is 103 Å². The zero-order valence-electron chi connectivity index (χ0n) is 17.3. The van der Waals surface area contributed by atoms with Gasteiger partial charge in [-0.15, -0.1) is 5.10 Å². The molecule has 2 saturated heterocycles. The minimum Gasteiger partial charge on any atom is -0.465 e. The largest absolute Gasteiger partial charge is 0.465 e. The molecule has 2 fully saturated rings. The zero-order chi connectivity index (χ0) is 22.2. The summed E-state index contributed by atoms with van der Waals surface area (Å²) in [5.41, 5.74) is 1.73. The predicted octanol–water partition coefficient (Wildman–Crippen LogP) is 2.69. The van der Waals surface area contributed by atoms with Crippen molar-refractivity contribution in [2.24, 2.45) is 0 Å². The number of imidazole rings is 1. The molecule has 0 aliphatic carbocycles. The first-order valence-corrected chi connectivity index (χ1v) is 10.7. The number of hydrogen-bond donors (Lipinski definition) is 2. The van der Waals surface area contributed by atoms with E-state index in [9.17, 15) is 14.0 Å². The Kier molecular flexibility index (Phi) is 5.12. The Hall–Kier alpha value is -3.69. The van der Waals surface area contributed by atoms with Gasteiger partial charge in [-0.05, 0) is 49.1 Å². The summed E-state index contributed by atoms with van der Waals surface area (Å²) in [6, 6.07) is 10.1. The van der Waals surface area contributed by atoms with Crippen molar-refractivity contribution in [1.29, 1.82) is 0 Å². The van der Waals surface area contributed by atoms with Crippen LogP contribution >= 0.6 is 0 Å². The van der Waals surface area contributed by atoms with Gasteiger partial charge in [0, 0.05) is 25.7 Å². The van der Waals surface area contributed by atoms with Crippen molar-refractivity contribution in [2.45, 2.75) is 31.3 Å². The first-order valence-electron chi connectivity index (χ1n) is 10.7. The number of anilines is 1. The Morgan fingerprint density at radius 1 is 1.16 bits per heavy atom. The molecule has 4 heterocycles. The highest BCUT2D eigenvalue weighted by Crippen LogP contribution is 2.35. The van der Waals surface area contributed by atoms with Gasteiger partial charge in [0.15, 0.2) is 11.3 Å². The van der Waals surface area contributed by atoms with Gasteiger partial charge in [0.25, 0.3) is 5.91 Å². The van der Waals surface area contributed by atoms with Gasteiger partial charge in [0.1, 0.15) is 11.6 Å². The van der Waals surface area contributed by atoms with Crippen LogP contribution in [-0.4, -0.2) is 62.3 Å². The molecule has 0 spiro atoms. The third-order valence-electron chi connectivity index (χ3n) is 6.16. The molecule has 0 unspecified atom stereocenters. The van der Waals surface area contributed by atoms with Gasteiger partial charge in [-0.25, -0.2) is 18.7 Å². The second-order valence-corrected chi connectivity index (χ2v) is 8.20. The lowest BCUT2D eigenvalue weighted by Gasteiger charge is -2.26. The molecule has 2 aliphatic heterocycles. The smallest absolute Gasteiger partial charge is 0.407 e. The van der Waals surface area contributed by atoms with Crippen LogP contribution in [0.25, 0.3) is 5.65 Å². The number of fused-ring (bicyclic) bond motifs is 1. The number of carboxylic acid groups (broad SMARTS) is 1. The number of likely N-dealkylation sites (tertiary alicyclic amines) is 1. The Bertz CT molecular complexity index is 1180. The Labute approximate surface area is 183 Å². The van der Waals surface area contributed by atoms with Crippen LogP contribution in [0.4, 0.5) is 15.0 Å². The Balaban J connectivity index is 1.39. The van der Waals surface area contributed by atoms with E-state index in [0.717, 1.165) is 24.9 Å². The molecule has 166 valence electrons. The molecule has 1 aromatic carbocycles. The second kappa shape index (κ2) is 8.10. The molecule has 2 atom stereocenters. The average molecular weight is 438 g/mol. The molecule has 2 amide bonds. The molecular formula is C22H23FN6O3. The van der Waals surface area contributed by atoms with Crippen LogP contribution in [0.5, 0.6) is 0 Å². The quantitative estimate of drug-likeness (QED) is 0.649. The molecule has 10 heteroatoms. The molecule has 0 bridgehead atoms. The van der Waals surface area contributed by atoms with Gasteiger partial charge in [-0.2, -0.15) is 0 Å². The number of halogens is 1. The third-order valence-corrected chi connectivity index (χ3v) is 6.16. The van der Waals surface area contributed by atoms with E-state index in [1.807, 2.05) is 18.2 Å². The van der Waals surface area contributed by atoms with E-state index in [0.29, 0.717) is 24.4 Å². The summed E-state index contributed by atoms with van der Waals surface area (Å²) in [6.45, 7) is 1.44. The molecular weight excluding hydrogens is 415 g/mol. The highest BCUT2D eigenvalue weighted by Gasteiger charge is 2.30. The summed E-state index contributed by atoms with van der Waals surface area (Å²) in [5.74, 6) is 0.0800. The van der Waals surface area contributed by atoms with Crippen molar-refractivity contribution in [3.8, 4) is 0 Å². The molecule has 2 N–H and O–H groups in total. The van der Waals surface area contributed by atoms with Gasteiger partial charge in [-0.1, -0.05) is 12.1 Å². The number of nitrogens with zero attached hydrogens (tertiary/aromatic N) is 5. The molecule has 3 aromatic rings. The van der Waals surface area contributed by atoms with E-state index in [2.05, 4.69) is 20.3 Å². The van der Waals surface area contributed by atoms with Crippen molar-refractivity contribution >= 4 is 23.5 Å². The van der Waals surface area contributed by atoms with Crippen LogP contribution in [0.15, 0.2) is 42.6 Å². The highest BCUT2D eigenvalue weighted by molar-refractivity contribution is 5.93. The number of carbonyl (C=O) groups is 2. The summed E-state index contributed by atoms with van der Waals surface area (Å²) in [6.07, 6.45) is 2.90. The van der Waals surface area contributed by atoms with Crippen molar-refractivity contribution in [3.05, 3.63) is 59.7 Å². The number of amides is 2. The van der Waals surface area contributed by atoms with Crippen molar-refractivity contribution in [3.63, 3.8) is 0 Å². The maximum Gasteiger partial charge on any atom is 0.407 e.